The van der Waals surface area contributed by atoms with Gasteiger partial charge in [-0.05, 0) is 63.0 Å². The van der Waals surface area contributed by atoms with Gasteiger partial charge < -0.3 is 5.32 Å². The molecule has 138 valence electrons. The Morgan fingerprint density at radius 1 is 1.04 bits per heavy atom. The number of aromatic nitrogens is 2. The van der Waals surface area contributed by atoms with Gasteiger partial charge in [-0.25, -0.2) is 8.42 Å². The van der Waals surface area contributed by atoms with E-state index in [0.717, 1.165) is 17.1 Å². The normalized spacial score (nSPS) is 28.1. The van der Waals surface area contributed by atoms with Crippen LogP contribution in [0.4, 0.5) is 5.82 Å². The molecule has 6 nitrogen and oxygen atoms in total. The molecular formula is C19H24N4O2S. The molecule has 3 fully saturated rings. The predicted molar refractivity (Wildman–Crippen MR) is 102 cm³/mol. The Morgan fingerprint density at radius 2 is 1.73 bits per heavy atom. The summed E-state index contributed by atoms with van der Waals surface area (Å²) in [5.74, 6) is 1.51. The highest BCUT2D eigenvalue weighted by molar-refractivity contribution is 7.90. The molecule has 0 radical (unpaired) electrons. The Hall–Kier alpha value is -1.99. The number of anilines is 1. The average Bonchev–Trinajstić information content (AvgIpc) is 2.65. The molecular weight excluding hydrogens is 348 g/mol. The fraction of sp³-hybridized carbons (Fsp3) is 0.474. The van der Waals surface area contributed by atoms with E-state index in [1.807, 2.05) is 12.1 Å². The van der Waals surface area contributed by atoms with Gasteiger partial charge in [-0.3, -0.25) is 4.90 Å². The van der Waals surface area contributed by atoms with Crippen LogP contribution in [0.15, 0.2) is 41.3 Å². The largest absolute Gasteiger partial charge is 0.364 e. The summed E-state index contributed by atoms with van der Waals surface area (Å²) in [6, 6.07) is 11.6. The Morgan fingerprint density at radius 3 is 2.27 bits per heavy atom. The number of piperidine rings is 3. The Labute approximate surface area is 154 Å². The molecule has 0 amide bonds. The summed E-state index contributed by atoms with van der Waals surface area (Å²) in [5, 5.41) is 12.2. The molecule has 1 N–H and O–H groups in total. The second kappa shape index (κ2) is 6.63. The van der Waals surface area contributed by atoms with E-state index in [1.165, 1.54) is 32.2 Å². The molecule has 2 aromatic rings. The van der Waals surface area contributed by atoms with Crippen molar-refractivity contribution in [3.63, 3.8) is 0 Å². The van der Waals surface area contributed by atoms with Crippen LogP contribution in [0.2, 0.25) is 0 Å². The van der Waals surface area contributed by atoms with Gasteiger partial charge in [0.2, 0.25) is 0 Å². The Bertz CT molecular complexity index is 871. The van der Waals surface area contributed by atoms with E-state index in [-0.39, 0.29) is 0 Å². The van der Waals surface area contributed by atoms with E-state index in [1.54, 1.807) is 24.3 Å². The van der Waals surface area contributed by atoms with Crippen LogP contribution in [0.25, 0.3) is 11.3 Å². The number of benzene rings is 1. The van der Waals surface area contributed by atoms with E-state index in [2.05, 4.69) is 27.3 Å². The fourth-order valence-electron chi connectivity index (χ4n) is 4.15. The second-order valence-electron chi connectivity index (χ2n) is 7.38. The third kappa shape index (κ3) is 3.33. The monoisotopic (exact) mass is 372 g/mol. The van der Waals surface area contributed by atoms with Crippen molar-refractivity contribution in [3.8, 4) is 11.3 Å². The first-order valence-electron chi connectivity index (χ1n) is 9.06. The number of hydrogen-bond donors (Lipinski definition) is 1. The zero-order valence-corrected chi connectivity index (χ0v) is 15.9. The van der Waals surface area contributed by atoms with Crippen molar-refractivity contribution in [1.29, 1.82) is 0 Å². The van der Waals surface area contributed by atoms with E-state index in [0.29, 0.717) is 22.9 Å². The van der Waals surface area contributed by atoms with Crippen LogP contribution in [0, 0.1) is 5.92 Å². The molecule has 4 heterocycles. The average molecular weight is 372 g/mol. The summed E-state index contributed by atoms with van der Waals surface area (Å²) in [6.45, 7) is 4.70. The molecule has 0 spiro atoms. The lowest BCUT2D eigenvalue weighted by atomic mass is 9.79. The minimum absolute atomic E-state index is 0.309. The lowest BCUT2D eigenvalue weighted by Gasteiger charge is -2.50. The van der Waals surface area contributed by atoms with Crippen molar-refractivity contribution in [2.24, 2.45) is 5.92 Å². The first-order chi connectivity index (χ1) is 12.4. The summed E-state index contributed by atoms with van der Waals surface area (Å²) >= 11 is 0. The molecule has 0 saturated carbocycles. The van der Waals surface area contributed by atoms with E-state index in [9.17, 15) is 8.42 Å². The first-order valence-corrected chi connectivity index (χ1v) is 11.0. The van der Waals surface area contributed by atoms with Crippen LogP contribution in [0.1, 0.15) is 19.8 Å². The molecule has 1 aromatic carbocycles. The molecule has 2 bridgehead atoms. The Balaban J connectivity index is 1.48. The smallest absolute Gasteiger partial charge is 0.175 e. The molecule has 5 rings (SSSR count). The van der Waals surface area contributed by atoms with Gasteiger partial charge in [0.1, 0.15) is 5.82 Å². The highest BCUT2D eigenvalue weighted by Crippen LogP contribution is 2.33. The number of nitrogens with one attached hydrogen (secondary N) is 1. The summed E-state index contributed by atoms with van der Waals surface area (Å²) < 4.78 is 23.1. The molecule has 0 unspecified atom stereocenters. The highest BCUT2D eigenvalue weighted by Gasteiger charge is 2.39. The van der Waals surface area contributed by atoms with Crippen molar-refractivity contribution in [2.45, 2.75) is 36.7 Å². The van der Waals surface area contributed by atoms with Crippen molar-refractivity contribution in [3.05, 3.63) is 36.4 Å². The van der Waals surface area contributed by atoms with Gasteiger partial charge in [0.15, 0.2) is 9.84 Å². The third-order valence-electron chi connectivity index (χ3n) is 5.74. The fourth-order valence-corrected chi connectivity index (χ4v) is 4.78. The van der Waals surface area contributed by atoms with Crippen molar-refractivity contribution < 1.29 is 8.42 Å². The van der Waals surface area contributed by atoms with Gasteiger partial charge in [0.05, 0.1) is 10.6 Å². The minimum Gasteiger partial charge on any atom is -0.364 e. The van der Waals surface area contributed by atoms with Crippen molar-refractivity contribution in [1.82, 2.24) is 15.1 Å². The lowest BCUT2D eigenvalue weighted by molar-refractivity contribution is 0.0457. The molecule has 2 atom stereocenters. The van der Waals surface area contributed by atoms with Gasteiger partial charge in [-0.1, -0.05) is 12.1 Å². The lowest BCUT2D eigenvalue weighted by Crippen LogP contribution is -2.59. The Kier molecular flexibility index (Phi) is 4.44. The van der Waals surface area contributed by atoms with Crippen molar-refractivity contribution >= 4 is 15.7 Å². The van der Waals surface area contributed by atoms with Crippen LogP contribution >= 0.6 is 0 Å². The third-order valence-corrected chi connectivity index (χ3v) is 6.86. The second-order valence-corrected chi connectivity index (χ2v) is 9.40. The standard InChI is InChI=1S/C19H24N4O2S/c1-13-19(15-9-11-23(13)12-10-15)20-18-8-7-17(21-22-18)14-3-5-16(6-4-14)26(2,24)25/h3-8,13,15,19H,9-12H2,1-2H3,(H,20,22)/t13-,19-/m1/s1. The molecule has 26 heavy (non-hydrogen) atoms. The molecule has 7 heteroatoms. The molecule has 3 aliphatic heterocycles. The van der Waals surface area contributed by atoms with Crippen molar-refractivity contribution in [2.75, 3.05) is 24.7 Å². The maximum atomic E-state index is 11.6. The quantitative estimate of drug-likeness (QED) is 0.888. The van der Waals surface area contributed by atoms with Crippen LogP contribution < -0.4 is 5.32 Å². The first kappa shape index (κ1) is 17.4. The SMILES string of the molecule is C[C@@H]1[C@@H](Nc2ccc(-c3ccc(S(C)(=O)=O)cc3)nn2)C2CCN1CC2. The predicted octanol–water partition coefficient (Wildman–Crippen LogP) is 2.44. The minimum atomic E-state index is -3.18. The number of sulfone groups is 1. The van der Waals surface area contributed by atoms with Crippen LogP contribution in [-0.2, 0) is 9.84 Å². The van der Waals surface area contributed by atoms with Crippen LogP contribution in [0.5, 0.6) is 0 Å². The number of rotatable bonds is 4. The topological polar surface area (TPSA) is 75.2 Å². The summed E-state index contributed by atoms with van der Waals surface area (Å²) in [7, 11) is -3.18. The molecule has 3 aliphatic rings. The molecule has 3 saturated heterocycles. The number of fused-ring (bicyclic) bond motifs is 3. The number of hydrogen-bond acceptors (Lipinski definition) is 6. The van der Waals surface area contributed by atoms with E-state index in [4.69, 9.17) is 0 Å². The zero-order chi connectivity index (χ0) is 18.3. The van der Waals surface area contributed by atoms with Crippen LogP contribution in [-0.4, -0.2) is 54.9 Å². The number of nitrogens with zero attached hydrogens (tertiary/aromatic N) is 3. The summed E-state index contributed by atoms with van der Waals surface area (Å²) in [5.41, 5.74) is 1.59. The molecule has 0 aliphatic carbocycles. The van der Waals surface area contributed by atoms with Gasteiger partial charge >= 0.3 is 0 Å². The maximum Gasteiger partial charge on any atom is 0.175 e. The summed E-state index contributed by atoms with van der Waals surface area (Å²) in [4.78, 5) is 2.85. The van der Waals surface area contributed by atoms with Gasteiger partial charge in [-0.2, -0.15) is 0 Å². The van der Waals surface area contributed by atoms with E-state index >= 15 is 0 Å². The van der Waals surface area contributed by atoms with E-state index < -0.39 is 9.84 Å². The summed E-state index contributed by atoms with van der Waals surface area (Å²) in [6.07, 6.45) is 3.71. The van der Waals surface area contributed by atoms with Gasteiger partial charge in [-0.15, -0.1) is 10.2 Å². The highest BCUT2D eigenvalue weighted by atomic mass is 32.2. The maximum absolute atomic E-state index is 11.6. The van der Waals surface area contributed by atoms with Crippen LogP contribution in [0.3, 0.4) is 0 Å². The van der Waals surface area contributed by atoms with Gasteiger partial charge in [0, 0.05) is 23.9 Å². The zero-order valence-electron chi connectivity index (χ0n) is 15.1. The molecule has 1 aromatic heterocycles. The van der Waals surface area contributed by atoms with Gasteiger partial charge in [0.25, 0.3) is 0 Å².